The maximum absolute atomic E-state index is 11.1. The maximum Gasteiger partial charge on any atom is 0.185 e. The number of aromatic nitrogens is 1. The first-order valence-electron chi connectivity index (χ1n) is 4.74. The van der Waals surface area contributed by atoms with Crippen LogP contribution in [0.3, 0.4) is 0 Å². The third kappa shape index (κ3) is 3.21. The highest BCUT2D eigenvalue weighted by molar-refractivity contribution is 7.98. The number of nitrogens with zero attached hydrogens (tertiary/aromatic N) is 2. The van der Waals surface area contributed by atoms with Crippen molar-refractivity contribution in [2.24, 2.45) is 0 Å². The number of carbonyl (C=O) groups excluding carboxylic acids is 1. The van der Waals surface area contributed by atoms with Crippen molar-refractivity contribution in [3.8, 4) is 0 Å². The van der Waals surface area contributed by atoms with Gasteiger partial charge in [0.2, 0.25) is 0 Å². The van der Waals surface area contributed by atoms with Gasteiger partial charge in [0.1, 0.15) is 0 Å². The number of thiazole rings is 1. The molecule has 0 bridgehead atoms. The van der Waals surface area contributed by atoms with Crippen LogP contribution in [-0.4, -0.2) is 35.9 Å². The van der Waals surface area contributed by atoms with Crippen molar-refractivity contribution in [3.63, 3.8) is 0 Å². The van der Waals surface area contributed by atoms with Gasteiger partial charge in [-0.2, -0.15) is 11.8 Å². The zero-order valence-corrected chi connectivity index (χ0v) is 11.1. The van der Waals surface area contributed by atoms with Crippen LogP contribution < -0.4 is 4.90 Å². The fourth-order valence-corrected chi connectivity index (χ4v) is 2.71. The second kappa shape index (κ2) is 5.51. The van der Waals surface area contributed by atoms with Crippen LogP contribution in [0.4, 0.5) is 5.13 Å². The third-order valence-electron chi connectivity index (χ3n) is 2.21. The molecule has 0 spiro atoms. The molecule has 1 atom stereocenters. The monoisotopic (exact) mass is 244 g/mol. The molecule has 0 fully saturated rings. The summed E-state index contributed by atoms with van der Waals surface area (Å²) in [7, 11) is 2.02. The molecule has 1 unspecified atom stereocenters. The molecule has 1 heterocycles. The molecule has 0 aliphatic carbocycles. The number of ketones is 1. The Labute approximate surface area is 98.9 Å². The van der Waals surface area contributed by atoms with Crippen LogP contribution in [0.2, 0.25) is 0 Å². The van der Waals surface area contributed by atoms with Crippen LogP contribution in [0.25, 0.3) is 0 Å². The van der Waals surface area contributed by atoms with E-state index in [1.54, 1.807) is 13.1 Å². The van der Waals surface area contributed by atoms with Gasteiger partial charge in [0.05, 0.1) is 11.1 Å². The van der Waals surface area contributed by atoms with E-state index in [1.807, 2.05) is 18.8 Å². The Hall–Kier alpha value is -0.550. The van der Waals surface area contributed by atoms with Crippen LogP contribution in [0.15, 0.2) is 6.20 Å². The first-order valence-corrected chi connectivity index (χ1v) is 6.95. The van der Waals surface area contributed by atoms with Gasteiger partial charge in [-0.15, -0.1) is 0 Å². The molecule has 1 aromatic rings. The van der Waals surface area contributed by atoms with Gasteiger partial charge in [-0.05, 0) is 13.2 Å². The summed E-state index contributed by atoms with van der Waals surface area (Å²) in [5.74, 6) is 1.15. The van der Waals surface area contributed by atoms with E-state index in [0.29, 0.717) is 6.04 Å². The molecule has 84 valence electrons. The molecule has 1 rings (SSSR count). The van der Waals surface area contributed by atoms with Crippen molar-refractivity contribution >= 4 is 34.0 Å². The summed E-state index contributed by atoms with van der Waals surface area (Å²) in [6.45, 7) is 3.73. The van der Waals surface area contributed by atoms with E-state index in [9.17, 15) is 4.79 Å². The van der Waals surface area contributed by atoms with Gasteiger partial charge in [0, 0.05) is 25.8 Å². The van der Waals surface area contributed by atoms with Crippen molar-refractivity contribution in [2.75, 3.05) is 24.0 Å². The molecule has 15 heavy (non-hydrogen) atoms. The number of hydrogen-bond donors (Lipinski definition) is 0. The van der Waals surface area contributed by atoms with Crippen molar-refractivity contribution in [3.05, 3.63) is 11.1 Å². The number of carbonyl (C=O) groups is 1. The Balaban J connectivity index is 2.73. The SMILES string of the molecule is CSCC(C)N(C)c1ncc(C(C)=O)s1. The lowest BCUT2D eigenvalue weighted by atomic mass is 10.4. The van der Waals surface area contributed by atoms with E-state index in [-0.39, 0.29) is 5.78 Å². The number of anilines is 1. The van der Waals surface area contributed by atoms with Gasteiger partial charge in [-0.1, -0.05) is 11.3 Å². The van der Waals surface area contributed by atoms with Gasteiger partial charge < -0.3 is 4.90 Å². The average Bonchev–Trinajstić information content (AvgIpc) is 2.65. The van der Waals surface area contributed by atoms with E-state index in [1.165, 1.54) is 11.3 Å². The summed E-state index contributed by atoms with van der Waals surface area (Å²) in [5, 5.41) is 0.918. The second-order valence-corrected chi connectivity index (χ2v) is 5.40. The van der Waals surface area contributed by atoms with Gasteiger partial charge >= 0.3 is 0 Å². The van der Waals surface area contributed by atoms with Gasteiger partial charge in [0.15, 0.2) is 10.9 Å². The lowest BCUT2D eigenvalue weighted by Gasteiger charge is -2.23. The lowest BCUT2D eigenvalue weighted by molar-refractivity contribution is 0.102. The van der Waals surface area contributed by atoms with Crippen molar-refractivity contribution in [1.82, 2.24) is 4.98 Å². The highest BCUT2D eigenvalue weighted by Crippen LogP contribution is 2.23. The van der Waals surface area contributed by atoms with Crippen molar-refractivity contribution in [1.29, 1.82) is 0 Å². The zero-order valence-electron chi connectivity index (χ0n) is 9.48. The lowest BCUT2D eigenvalue weighted by Crippen LogP contribution is -2.30. The quantitative estimate of drug-likeness (QED) is 0.745. The second-order valence-electron chi connectivity index (χ2n) is 3.48. The smallest absolute Gasteiger partial charge is 0.185 e. The van der Waals surface area contributed by atoms with Crippen molar-refractivity contribution < 1.29 is 4.79 Å². The summed E-state index contributed by atoms with van der Waals surface area (Å²) in [6, 6.07) is 0.436. The highest BCUT2D eigenvalue weighted by Gasteiger charge is 2.14. The minimum atomic E-state index is 0.0877. The molecule has 0 amide bonds. The molecule has 0 aromatic carbocycles. The number of thioether (sulfide) groups is 1. The number of hydrogen-bond acceptors (Lipinski definition) is 5. The van der Waals surface area contributed by atoms with Gasteiger partial charge in [0.25, 0.3) is 0 Å². The highest BCUT2D eigenvalue weighted by atomic mass is 32.2. The normalized spacial score (nSPS) is 12.5. The predicted molar refractivity (Wildman–Crippen MR) is 68.4 cm³/mol. The summed E-state index contributed by atoms with van der Waals surface area (Å²) < 4.78 is 0. The first-order chi connectivity index (χ1) is 7.06. The molecule has 5 heteroatoms. The molecule has 0 aliphatic rings. The molecule has 0 saturated carbocycles. The average molecular weight is 244 g/mol. The van der Waals surface area contributed by atoms with E-state index >= 15 is 0 Å². The van der Waals surface area contributed by atoms with Crippen LogP contribution >= 0.6 is 23.1 Å². The van der Waals surface area contributed by atoms with E-state index in [0.717, 1.165) is 15.8 Å². The van der Waals surface area contributed by atoms with Crippen LogP contribution in [0.5, 0.6) is 0 Å². The molecule has 0 radical (unpaired) electrons. The molecule has 0 N–H and O–H groups in total. The Bertz CT molecular complexity index is 338. The molecular formula is C10H16N2OS2. The fraction of sp³-hybridized carbons (Fsp3) is 0.600. The molecule has 3 nitrogen and oxygen atoms in total. The summed E-state index contributed by atoms with van der Waals surface area (Å²) in [6.07, 6.45) is 3.75. The van der Waals surface area contributed by atoms with Gasteiger partial charge in [-0.3, -0.25) is 4.79 Å². The Kier molecular flexibility index (Phi) is 4.60. The topological polar surface area (TPSA) is 33.2 Å². The number of Topliss-reactive ketones (excluding diaryl/α,β-unsaturated/α-hetero) is 1. The summed E-state index contributed by atoms with van der Waals surface area (Å²) >= 11 is 3.27. The van der Waals surface area contributed by atoms with E-state index < -0.39 is 0 Å². The summed E-state index contributed by atoms with van der Waals surface area (Å²) in [5.41, 5.74) is 0. The largest absolute Gasteiger partial charge is 0.348 e. The molecule has 1 aromatic heterocycles. The predicted octanol–water partition coefficient (Wildman–Crippen LogP) is 2.53. The molecule has 0 saturated heterocycles. The first kappa shape index (κ1) is 12.5. The Morgan fingerprint density at radius 1 is 1.73 bits per heavy atom. The maximum atomic E-state index is 11.1. The minimum absolute atomic E-state index is 0.0877. The zero-order chi connectivity index (χ0) is 11.4. The standard InChI is InChI=1S/C10H16N2OS2/c1-7(6-14-4)12(3)10-11-5-9(15-10)8(2)13/h5,7H,6H2,1-4H3. The fourth-order valence-electron chi connectivity index (χ4n) is 1.13. The Morgan fingerprint density at radius 2 is 2.40 bits per heavy atom. The third-order valence-corrected chi connectivity index (χ3v) is 4.22. The number of rotatable bonds is 5. The summed E-state index contributed by atoms with van der Waals surface area (Å²) in [4.78, 5) is 18.2. The van der Waals surface area contributed by atoms with Crippen LogP contribution in [-0.2, 0) is 0 Å². The van der Waals surface area contributed by atoms with E-state index in [4.69, 9.17) is 0 Å². The van der Waals surface area contributed by atoms with Crippen molar-refractivity contribution in [2.45, 2.75) is 19.9 Å². The van der Waals surface area contributed by atoms with Gasteiger partial charge in [-0.25, -0.2) is 4.98 Å². The van der Waals surface area contributed by atoms with E-state index in [2.05, 4.69) is 23.1 Å². The van der Waals surface area contributed by atoms with Crippen LogP contribution in [0, 0.1) is 0 Å². The molecular weight excluding hydrogens is 228 g/mol. The Morgan fingerprint density at radius 3 is 2.87 bits per heavy atom. The molecule has 0 aliphatic heterocycles. The van der Waals surface area contributed by atoms with Crippen LogP contribution in [0.1, 0.15) is 23.5 Å². The minimum Gasteiger partial charge on any atom is -0.348 e.